The lowest BCUT2D eigenvalue weighted by molar-refractivity contribution is -0.392. The van der Waals surface area contributed by atoms with Gasteiger partial charge in [-0.2, -0.15) is 26.3 Å². The zero-order chi connectivity index (χ0) is 25.1. The predicted octanol–water partition coefficient (Wildman–Crippen LogP) is 7.04. The summed E-state index contributed by atoms with van der Waals surface area (Å²) >= 11 is 0. The first-order valence-corrected chi connectivity index (χ1v) is 11.6. The van der Waals surface area contributed by atoms with Crippen LogP contribution in [0.15, 0.2) is 99.6 Å². The van der Waals surface area contributed by atoms with Gasteiger partial charge >= 0.3 is 12.4 Å². The summed E-state index contributed by atoms with van der Waals surface area (Å²) in [5.74, 6) is -1.50. The van der Waals surface area contributed by atoms with Crippen molar-refractivity contribution in [3.8, 4) is 5.75 Å². The molecule has 0 saturated heterocycles. The molecule has 0 bridgehead atoms. The van der Waals surface area contributed by atoms with Gasteiger partial charge in [0, 0.05) is 0 Å². The van der Waals surface area contributed by atoms with E-state index in [-0.39, 0.29) is 5.75 Å². The van der Waals surface area contributed by atoms with Crippen molar-refractivity contribution < 1.29 is 36.2 Å². The van der Waals surface area contributed by atoms with E-state index < -0.39 is 40.9 Å². The molecule has 0 aliphatic rings. The van der Waals surface area contributed by atoms with Crippen molar-refractivity contribution >= 4 is 10.9 Å². The van der Waals surface area contributed by atoms with E-state index in [0.29, 0.717) is 0 Å². The number of aliphatic hydroxyl groups is 1. The number of hydrogen-bond acceptors (Lipinski definition) is 2. The number of benzene rings is 3. The Kier molecular flexibility index (Phi) is 7.57. The molecule has 0 aliphatic carbocycles. The van der Waals surface area contributed by atoms with E-state index in [4.69, 9.17) is 4.74 Å². The average Bonchev–Trinajstić information content (AvgIpc) is 2.78. The topological polar surface area (TPSA) is 29.5 Å². The maximum atomic E-state index is 13.4. The van der Waals surface area contributed by atoms with Crippen LogP contribution in [0.1, 0.15) is 13.8 Å². The molecule has 3 aromatic carbocycles. The zero-order valence-electron chi connectivity index (χ0n) is 18.3. The third-order valence-corrected chi connectivity index (χ3v) is 7.39. The van der Waals surface area contributed by atoms with Crippen molar-refractivity contribution in [2.24, 2.45) is 5.92 Å². The molecular weight excluding hydrogens is 478 g/mol. The standard InChI is InChI=1S/C25H23F6O2S/c1-17(2)22(23(32,24(26,27)28)25(29,30)31)33-18-13-15-21(16-14-18)34(19-9-5-3-6-10-19)20-11-7-4-8-12-20/h3-17,22,32H,1-2H3/q+1. The van der Waals surface area contributed by atoms with E-state index in [1.54, 1.807) is 12.1 Å². The van der Waals surface area contributed by atoms with Gasteiger partial charge < -0.3 is 9.84 Å². The molecule has 34 heavy (non-hydrogen) atoms. The second-order valence-corrected chi connectivity index (χ2v) is 9.97. The van der Waals surface area contributed by atoms with Crippen LogP contribution in [0.4, 0.5) is 26.3 Å². The summed E-state index contributed by atoms with van der Waals surface area (Å²) in [7, 11) is -0.555. The van der Waals surface area contributed by atoms with Crippen molar-refractivity contribution in [1.82, 2.24) is 0 Å². The molecule has 3 rings (SSSR count). The van der Waals surface area contributed by atoms with Gasteiger partial charge in [-0.3, -0.25) is 0 Å². The molecule has 182 valence electrons. The molecule has 1 N–H and O–H groups in total. The van der Waals surface area contributed by atoms with Gasteiger partial charge in [0.1, 0.15) is 11.9 Å². The molecule has 0 heterocycles. The highest BCUT2D eigenvalue weighted by atomic mass is 32.2. The molecule has 0 spiro atoms. The summed E-state index contributed by atoms with van der Waals surface area (Å²) in [5.41, 5.74) is -5.02. The van der Waals surface area contributed by atoms with Crippen molar-refractivity contribution in [2.45, 2.75) is 52.6 Å². The molecule has 0 fully saturated rings. The third-order valence-electron chi connectivity index (χ3n) is 5.16. The molecule has 1 atom stereocenters. The Morgan fingerprint density at radius 1 is 0.647 bits per heavy atom. The maximum absolute atomic E-state index is 13.4. The van der Waals surface area contributed by atoms with E-state index >= 15 is 0 Å². The van der Waals surface area contributed by atoms with Crippen LogP contribution in [0.5, 0.6) is 5.75 Å². The number of halogens is 6. The summed E-state index contributed by atoms with van der Waals surface area (Å²) in [5, 5.41) is 9.84. The highest BCUT2D eigenvalue weighted by Crippen LogP contribution is 2.48. The Hall–Kier alpha value is -2.65. The second kappa shape index (κ2) is 9.92. The van der Waals surface area contributed by atoms with Crippen LogP contribution in [0.2, 0.25) is 0 Å². The molecule has 0 radical (unpaired) electrons. The van der Waals surface area contributed by atoms with Crippen molar-refractivity contribution in [2.75, 3.05) is 0 Å². The Bertz CT molecular complexity index is 997. The van der Waals surface area contributed by atoms with Crippen molar-refractivity contribution in [3.05, 3.63) is 84.9 Å². The molecule has 0 aromatic heterocycles. The van der Waals surface area contributed by atoms with E-state index in [1.165, 1.54) is 12.1 Å². The smallest absolute Gasteiger partial charge is 0.430 e. The number of rotatable bonds is 7. The summed E-state index contributed by atoms with van der Waals surface area (Å²) < 4.78 is 85.6. The van der Waals surface area contributed by atoms with Gasteiger partial charge in [-0.1, -0.05) is 50.2 Å². The number of ether oxygens (including phenoxy) is 1. The normalized spacial score (nSPS) is 13.9. The van der Waals surface area contributed by atoms with Crippen molar-refractivity contribution in [3.63, 3.8) is 0 Å². The average molecular weight is 502 g/mol. The zero-order valence-corrected chi connectivity index (χ0v) is 19.1. The van der Waals surface area contributed by atoms with E-state index in [9.17, 15) is 31.4 Å². The van der Waals surface area contributed by atoms with Gasteiger partial charge in [0.25, 0.3) is 5.60 Å². The molecule has 1 unspecified atom stereocenters. The lowest BCUT2D eigenvalue weighted by atomic mass is 9.87. The highest BCUT2D eigenvalue weighted by Gasteiger charge is 2.75. The van der Waals surface area contributed by atoms with E-state index in [2.05, 4.69) is 0 Å². The van der Waals surface area contributed by atoms with Crippen LogP contribution in [-0.4, -0.2) is 29.2 Å². The fourth-order valence-electron chi connectivity index (χ4n) is 3.51. The molecule has 0 saturated carbocycles. The summed E-state index contributed by atoms with van der Waals surface area (Å²) in [6, 6.07) is 24.9. The predicted molar refractivity (Wildman–Crippen MR) is 118 cm³/mol. The largest absolute Gasteiger partial charge is 0.486 e. The van der Waals surface area contributed by atoms with Gasteiger partial charge in [0.2, 0.25) is 0 Å². The molecule has 3 aromatic rings. The summed E-state index contributed by atoms with van der Waals surface area (Å²) in [6.07, 6.45) is -14.6. The van der Waals surface area contributed by atoms with Gasteiger partial charge in [-0.25, -0.2) is 0 Å². The monoisotopic (exact) mass is 501 g/mol. The van der Waals surface area contributed by atoms with Crippen LogP contribution in [0.25, 0.3) is 0 Å². The molecule has 0 aliphatic heterocycles. The summed E-state index contributed by atoms with van der Waals surface area (Å²) in [4.78, 5) is 2.78. The molecule has 2 nitrogen and oxygen atoms in total. The van der Waals surface area contributed by atoms with Crippen LogP contribution in [-0.2, 0) is 10.9 Å². The molecule has 9 heteroatoms. The van der Waals surface area contributed by atoms with E-state index in [0.717, 1.165) is 28.5 Å². The fourth-order valence-corrected chi connectivity index (χ4v) is 5.59. The van der Waals surface area contributed by atoms with E-state index in [1.807, 2.05) is 60.7 Å². The van der Waals surface area contributed by atoms with Crippen molar-refractivity contribution in [1.29, 1.82) is 0 Å². The third kappa shape index (κ3) is 5.20. The minimum atomic E-state index is -5.98. The van der Waals surface area contributed by atoms with Crippen LogP contribution in [0, 0.1) is 5.92 Å². The highest BCUT2D eigenvalue weighted by molar-refractivity contribution is 7.97. The Morgan fingerprint density at radius 3 is 1.38 bits per heavy atom. The quantitative estimate of drug-likeness (QED) is 0.278. The second-order valence-electron chi connectivity index (χ2n) is 7.95. The molecule has 0 amide bonds. The van der Waals surface area contributed by atoms with Crippen LogP contribution >= 0.6 is 0 Å². The summed E-state index contributed by atoms with van der Waals surface area (Å²) in [6.45, 7) is 2.26. The van der Waals surface area contributed by atoms with Crippen LogP contribution < -0.4 is 4.74 Å². The van der Waals surface area contributed by atoms with Crippen LogP contribution in [0.3, 0.4) is 0 Å². The first-order valence-electron chi connectivity index (χ1n) is 10.3. The van der Waals surface area contributed by atoms with Gasteiger partial charge in [0.05, 0.1) is 10.9 Å². The first-order chi connectivity index (χ1) is 15.9. The first kappa shape index (κ1) is 26.0. The van der Waals surface area contributed by atoms with Gasteiger partial charge in [-0.15, -0.1) is 0 Å². The SMILES string of the molecule is CC(C)C(Oc1ccc([S+](c2ccccc2)c2ccccc2)cc1)C(O)(C(F)(F)F)C(F)(F)F. The molecular formula is C25H23F6O2S+. The minimum absolute atomic E-state index is 0.209. The lowest BCUT2D eigenvalue weighted by Crippen LogP contribution is -2.67. The lowest BCUT2D eigenvalue weighted by Gasteiger charge is -2.40. The Balaban J connectivity index is 1.97. The number of hydrogen-bond donors (Lipinski definition) is 1. The van der Waals surface area contributed by atoms with Gasteiger partial charge in [-0.05, 0) is 54.4 Å². The number of alkyl halides is 6. The maximum Gasteiger partial charge on any atom is 0.430 e. The fraction of sp³-hybridized carbons (Fsp3) is 0.280. The minimum Gasteiger partial charge on any atom is -0.486 e. The Morgan fingerprint density at radius 2 is 1.03 bits per heavy atom. The Labute approximate surface area is 196 Å². The van der Waals surface area contributed by atoms with Gasteiger partial charge in [0.15, 0.2) is 14.7 Å².